The summed E-state index contributed by atoms with van der Waals surface area (Å²) in [6.07, 6.45) is 0. The molecule has 0 unspecified atom stereocenters. The molecule has 0 spiro atoms. The van der Waals surface area contributed by atoms with Crippen molar-refractivity contribution >= 4 is 22.0 Å². The third-order valence-corrected chi connectivity index (χ3v) is 0. The van der Waals surface area contributed by atoms with E-state index in [1.807, 2.05) is 0 Å². The Labute approximate surface area is 106 Å². The molecule has 0 aliphatic heterocycles. The Hall–Kier alpha value is 1.69. The Bertz CT molecular complexity index is 142. The molecule has 0 aliphatic carbocycles. The smallest absolute Gasteiger partial charge is 0.784 e. The van der Waals surface area contributed by atoms with Crippen LogP contribution in [0, 0.1) is 0 Å². The summed E-state index contributed by atoms with van der Waals surface area (Å²) >= 11 is -3.11. The predicted molar refractivity (Wildman–Crippen MR) is 19.4 cm³/mol. The van der Waals surface area contributed by atoms with Crippen molar-refractivity contribution in [1.82, 2.24) is 0 Å². The molecular weight excluding hydrogens is 206 g/mol. The normalized spacial score (nSPS) is 5.90. The summed E-state index contributed by atoms with van der Waals surface area (Å²) in [5, 5.41) is 0. The molecule has 0 aliphatic rings. The maximum Gasteiger partial charge on any atom is 1.00 e. The van der Waals surface area contributed by atoms with E-state index < -0.39 is 22.0 Å². The topological polar surface area (TPSA) is 114 Å². The molecule has 0 N–H and O–H groups in total. The summed E-state index contributed by atoms with van der Waals surface area (Å²) in [6, 6.07) is 0. The van der Waals surface area contributed by atoms with E-state index in [9.17, 15) is 0 Å². The molecule has 6 nitrogen and oxygen atoms in total. The third kappa shape index (κ3) is 256. The van der Waals surface area contributed by atoms with Gasteiger partial charge in [-0.15, -0.1) is 24.0 Å². The van der Waals surface area contributed by atoms with Crippen LogP contribution in [0.15, 0.2) is 0 Å². The Kier molecular flexibility index (Phi) is 38.3. The first kappa shape index (κ1) is 22.6. The van der Waals surface area contributed by atoms with Gasteiger partial charge >= 0.3 is 69.7 Å². The maximum atomic E-state index is 8.44. The second kappa shape index (κ2) is 17.0. The van der Waals surface area contributed by atoms with Gasteiger partial charge in [-0.3, -0.25) is 4.21 Å². The van der Waals surface area contributed by atoms with E-state index in [0.717, 1.165) is 0 Å². The Morgan fingerprint density at radius 1 is 0.800 bits per heavy atom. The van der Waals surface area contributed by atoms with Gasteiger partial charge in [0.05, 0.1) is 0 Å². The van der Waals surface area contributed by atoms with Gasteiger partial charge in [-0.1, -0.05) is 0 Å². The largest absolute Gasteiger partial charge is 1.00 e. The number of hydrogen-bond acceptors (Lipinski definition) is 6. The predicted octanol–water partition coefficient (Wildman–Crippen LogP) is -8.00. The fraction of sp³-hybridized carbons (Fsp3) is 0. The van der Waals surface area contributed by atoms with E-state index >= 15 is 0 Å². The van der Waals surface area contributed by atoms with Crippen LogP contribution in [-0.2, 0) is 22.0 Å². The van der Waals surface area contributed by atoms with E-state index in [1.54, 1.807) is 0 Å². The van der Waals surface area contributed by atoms with E-state index in [0.29, 0.717) is 0 Å². The van der Waals surface area contributed by atoms with Crippen molar-refractivity contribution in [3.63, 3.8) is 0 Å². The molecule has 0 aromatic rings. The molecule has 0 saturated heterocycles. The second-order valence-electron chi connectivity index (χ2n) is 0.408. The van der Waals surface area contributed by atoms with Gasteiger partial charge in [0.25, 0.3) is 0 Å². The van der Waals surface area contributed by atoms with Crippen LogP contribution in [-0.4, -0.2) is 25.9 Å². The molecular formula is Na2O6S2. The zero-order valence-electron chi connectivity index (χ0n) is 5.27. The molecule has 0 atom stereocenters. The Morgan fingerprint density at radius 3 is 0.800 bits per heavy atom. The SMILES string of the molecule is O=S(=O)=O.O=S([O-])[O-].[Na+].[Na+]. The quantitative estimate of drug-likeness (QED) is 0.287. The van der Waals surface area contributed by atoms with Gasteiger partial charge in [0.2, 0.25) is 0 Å². The van der Waals surface area contributed by atoms with E-state index in [4.69, 9.17) is 25.9 Å². The molecule has 0 rings (SSSR count). The van der Waals surface area contributed by atoms with Crippen molar-refractivity contribution in [2.45, 2.75) is 0 Å². The van der Waals surface area contributed by atoms with Crippen LogP contribution >= 0.6 is 0 Å². The molecule has 0 heterocycles. The van der Waals surface area contributed by atoms with Crippen LogP contribution in [0.4, 0.5) is 0 Å². The van der Waals surface area contributed by atoms with Crippen molar-refractivity contribution in [2.75, 3.05) is 0 Å². The molecule has 10 heavy (non-hydrogen) atoms. The van der Waals surface area contributed by atoms with E-state index in [2.05, 4.69) is 0 Å². The average molecular weight is 206 g/mol. The third-order valence-electron chi connectivity index (χ3n) is 0. The summed E-state index contributed by atoms with van der Waals surface area (Å²) in [7, 11) is -3.11. The fourth-order valence-electron chi connectivity index (χ4n) is 0. The van der Waals surface area contributed by atoms with E-state index in [-0.39, 0.29) is 59.1 Å². The Balaban J connectivity index is -0.0000000300. The van der Waals surface area contributed by atoms with Crippen molar-refractivity contribution in [1.29, 1.82) is 0 Å². The zero-order chi connectivity index (χ0) is 7.15. The van der Waals surface area contributed by atoms with Crippen LogP contribution in [0.2, 0.25) is 0 Å². The molecule has 0 fully saturated rings. The molecule has 10 heteroatoms. The van der Waals surface area contributed by atoms with Crippen molar-refractivity contribution < 1.29 is 85.1 Å². The molecule has 0 aromatic heterocycles. The Morgan fingerprint density at radius 2 is 0.800 bits per heavy atom. The minimum atomic E-state index is -3.11. The van der Waals surface area contributed by atoms with Crippen LogP contribution in [0.3, 0.4) is 0 Å². The maximum absolute atomic E-state index is 8.44. The van der Waals surface area contributed by atoms with Crippen LogP contribution in [0.25, 0.3) is 0 Å². The summed E-state index contributed by atoms with van der Waals surface area (Å²) in [5.74, 6) is 0. The molecule has 0 aromatic carbocycles. The van der Waals surface area contributed by atoms with Gasteiger partial charge in [-0.25, -0.2) is 0 Å². The van der Waals surface area contributed by atoms with Gasteiger partial charge < -0.3 is 9.11 Å². The molecule has 0 saturated carbocycles. The summed E-state index contributed by atoms with van der Waals surface area (Å²) < 4.78 is 50.7. The van der Waals surface area contributed by atoms with Crippen molar-refractivity contribution in [3.05, 3.63) is 0 Å². The van der Waals surface area contributed by atoms with E-state index in [1.165, 1.54) is 0 Å². The first-order chi connectivity index (χ1) is 3.46. The van der Waals surface area contributed by atoms with Gasteiger partial charge in [0, 0.05) is 0 Å². The van der Waals surface area contributed by atoms with Crippen LogP contribution in [0.1, 0.15) is 0 Å². The molecule has 50 valence electrons. The van der Waals surface area contributed by atoms with Gasteiger partial charge in [-0.05, 0) is 0 Å². The minimum absolute atomic E-state index is 0. The number of hydrogen-bond donors (Lipinski definition) is 0. The van der Waals surface area contributed by atoms with Crippen LogP contribution in [0.5, 0.6) is 0 Å². The second-order valence-corrected chi connectivity index (χ2v) is 1.22. The fourth-order valence-corrected chi connectivity index (χ4v) is 0. The monoisotopic (exact) mass is 206 g/mol. The standard InChI is InChI=1S/2Na.H2O3S.O3S/c;;2*1-4(2)3/h;;(H2,1,2,3);/q2*+1;;/p-2. The van der Waals surface area contributed by atoms with Gasteiger partial charge in [0.1, 0.15) is 0 Å². The minimum Gasteiger partial charge on any atom is -0.784 e. The summed E-state index contributed by atoms with van der Waals surface area (Å²) in [6.45, 7) is 0. The zero-order valence-corrected chi connectivity index (χ0v) is 10.9. The molecule has 0 bridgehead atoms. The van der Waals surface area contributed by atoms with Gasteiger partial charge in [-0.2, -0.15) is 0 Å². The first-order valence-electron chi connectivity index (χ1n) is 1.00. The first-order valence-corrected chi connectivity index (χ1v) is 3.00. The summed E-state index contributed by atoms with van der Waals surface area (Å²) in [4.78, 5) is 0. The molecule has 0 amide bonds. The number of rotatable bonds is 0. The van der Waals surface area contributed by atoms with Crippen LogP contribution < -0.4 is 59.1 Å². The van der Waals surface area contributed by atoms with Crippen molar-refractivity contribution in [2.24, 2.45) is 0 Å². The van der Waals surface area contributed by atoms with Crippen molar-refractivity contribution in [3.8, 4) is 0 Å². The average Bonchev–Trinajstić information content (AvgIpc) is 1.25. The summed E-state index contributed by atoms with van der Waals surface area (Å²) in [5.41, 5.74) is 0. The molecule has 0 radical (unpaired) electrons. The van der Waals surface area contributed by atoms with Gasteiger partial charge in [0.15, 0.2) is 0 Å².